The highest BCUT2D eigenvalue weighted by molar-refractivity contribution is 5.13. The third kappa shape index (κ3) is 6.53. The maximum atomic E-state index is 2.78. The summed E-state index contributed by atoms with van der Waals surface area (Å²) in [7, 11) is 0. The van der Waals surface area contributed by atoms with Crippen molar-refractivity contribution in [3.63, 3.8) is 0 Å². The molecule has 0 N–H and O–H groups in total. The normalized spacial score (nSPS) is 40.1. The smallest absolute Gasteiger partial charge is 0.0187 e. The van der Waals surface area contributed by atoms with Crippen molar-refractivity contribution < 1.29 is 0 Å². The summed E-state index contributed by atoms with van der Waals surface area (Å²) in [5.74, 6) is 6.39. The summed E-state index contributed by atoms with van der Waals surface area (Å²) in [6.45, 7) is 35.2. The molecule has 0 aliphatic heterocycles. The van der Waals surface area contributed by atoms with Gasteiger partial charge in [0.05, 0.1) is 0 Å². The first-order valence-corrected chi connectivity index (χ1v) is 16.6. The molecule has 7 unspecified atom stereocenters. The van der Waals surface area contributed by atoms with Gasteiger partial charge < -0.3 is 0 Å². The topological polar surface area (TPSA) is 0 Å². The molecule has 0 spiro atoms. The molecule has 35 heavy (non-hydrogen) atoms. The van der Waals surface area contributed by atoms with Crippen molar-refractivity contribution in [2.45, 2.75) is 168 Å². The zero-order chi connectivity index (χ0) is 27.6. The van der Waals surface area contributed by atoms with Gasteiger partial charge in [0.25, 0.3) is 0 Å². The van der Waals surface area contributed by atoms with Crippen LogP contribution < -0.4 is 0 Å². The van der Waals surface area contributed by atoms with Crippen LogP contribution in [0.1, 0.15) is 168 Å². The molecule has 3 fully saturated rings. The number of hydrogen-bond donors (Lipinski definition) is 0. The van der Waals surface area contributed by atoms with Crippen molar-refractivity contribution in [2.75, 3.05) is 0 Å². The fourth-order valence-electron chi connectivity index (χ4n) is 9.59. The van der Waals surface area contributed by atoms with Crippen molar-refractivity contribution in [2.24, 2.45) is 57.7 Å². The lowest BCUT2D eigenvalue weighted by Gasteiger charge is -2.61. The Kier molecular flexibility index (Phi) is 15.4. The third-order valence-electron chi connectivity index (χ3n) is 11.8. The molecular weight excluding hydrogens is 420 g/mol. The van der Waals surface area contributed by atoms with Crippen molar-refractivity contribution >= 4 is 0 Å². The Morgan fingerprint density at radius 3 is 1.60 bits per heavy atom. The average molecular weight is 493 g/mol. The van der Waals surface area contributed by atoms with E-state index in [1.54, 1.807) is 0 Å². The highest BCUT2D eigenvalue weighted by Gasteiger charge is 2.65. The van der Waals surface area contributed by atoms with Crippen molar-refractivity contribution in [1.82, 2.24) is 0 Å². The predicted octanol–water partition coefficient (Wildman–Crippen LogP) is 12.5. The van der Waals surface area contributed by atoms with Gasteiger partial charge in [-0.25, -0.2) is 0 Å². The second kappa shape index (κ2) is 15.4. The molecule has 3 rings (SSSR count). The van der Waals surface area contributed by atoms with E-state index in [0.717, 1.165) is 41.4 Å². The summed E-state index contributed by atoms with van der Waals surface area (Å²) in [5.41, 5.74) is 1.74. The van der Waals surface area contributed by atoms with Gasteiger partial charge in [0.2, 0.25) is 0 Å². The second-order valence-corrected chi connectivity index (χ2v) is 13.0. The highest BCUT2D eigenvalue weighted by Crippen LogP contribution is 2.72. The molecule has 0 radical (unpaired) electrons. The maximum absolute atomic E-state index is 2.78. The Balaban J connectivity index is 0.00000179. The van der Waals surface area contributed by atoms with Crippen molar-refractivity contribution in [3.8, 4) is 0 Å². The fourth-order valence-corrected chi connectivity index (χ4v) is 9.59. The van der Waals surface area contributed by atoms with Gasteiger partial charge in [-0.15, -0.1) is 0 Å². The minimum atomic E-state index is 0.557. The van der Waals surface area contributed by atoms with Crippen LogP contribution >= 0.6 is 0 Å². The molecule has 7 atom stereocenters. The van der Waals surface area contributed by atoms with Gasteiger partial charge in [0, 0.05) is 0 Å². The molecule has 3 aliphatic rings. The van der Waals surface area contributed by atoms with Crippen LogP contribution in [0.15, 0.2) is 0 Å². The van der Waals surface area contributed by atoms with Gasteiger partial charge in [-0.2, -0.15) is 0 Å². The van der Waals surface area contributed by atoms with E-state index in [0.29, 0.717) is 16.2 Å². The summed E-state index contributed by atoms with van der Waals surface area (Å²) in [6.07, 6.45) is 14.8. The predicted molar refractivity (Wildman–Crippen MR) is 163 cm³/mol. The van der Waals surface area contributed by atoms with Crippen LogP contribution in [0.4, 0.5) is 0 Å². The molecule has 0 nitrogen and oxygen atoms in total. The lowest BCUT2D eigenvalue weighted by molar-refractivity contribution is -0.127. The van der Waals surface area contributed by atoms with Crippen LogP contribution in [-0.2, 0) is 0 Å². The molecule has 212 valence electrons. The van der Waals surface area contributed by atoms with Gasteiger partial charge in [-0.05, 0) is 96.2 Å². The van der Waals surface area contributed by atoms with Crippen LogP contribution in [0.25, 0.3) is 0 Å². The average Bonchev–Trinajstić information content (AvgIpc) is 3.21. The zero-order valence-electron chi connectivity index (χ0n) is 27.6. The second-order valence-electron chi connectivity index (χ2n) is 13.0. The quantitative estimate of drug-likeness (QED) is 0.346. The Morgan fingerprint density at radius 1 is 0.686 bits per heavy atom. The van der Waals surface area contributed by atoms with Crippen LogP contribution in [0.2, 0.25) is 0 Å². The number of rotatable bonds is 6. The molecular formula is C35H72. The first kappa shape index (κ1) is 35.0. The van der Waals surface area contributed by atoms with Gasteiger partial charge in [0.15, 0.2) is 0 Å². The Bertz CT molecular complexity index is 538. The lowest BCUT2D eigenvalue weighted by atomic mass is 9.43. The fraction of sp³-hybridized carbons (Fsp3) is 1.00. The van der Waals surface area contributed by atoms with Gasteiger partial charge in [-0.3, -0.25) is 0 Å². The molecule has 0 aromatic rings. The molecule has 3 saturated carbocycles. The van der Waals surface area contributed by atoms with Crippen LogP contribution in [0, 0.1) is 57.7 Å². The molecule has 0 bridgehead atoms. The minimum Gasteiger partial charge on any atom is -0.0683 e. The highest BCUT2D eigenvalue weighted by atomic mass is 14.7. The van der Waals surface area contributed by atoms with E-state index in [2.05, 4.69) is 62.3 Å². The maximum Gasteiger partial charge on any atom is -0.0187 e. The SMILES string of the molecule is CC.CC.CC.CCC1C(C2(C)CCC(C)CC2)CCC2(C)C1CCC2(C(C)CC)C(C)C(C)C. The molecule has 0 amide bonds. The van der Waals surface area contributed by atoms with E-state index in [1.807, 2.05) is 41.5 Å². The Morgan fingerprint density at radius 2 is 1.17 bits per heavy atom. The number of hydrogen-bond acceptors (Lipinski definition) is 0. The van der Waals surface area contributed by atoms with Crippen LogP contribution in [-0.4, -0.2) is 0 Å². The molecule has 0 aromatic heterocycles. The first-order chi connectivity index (χ1) is 16.6. The van der Waals surface area contributed by atoms with Crippen molar-refractivity contribution in [1.29, 1.82) is 0 Å². The van der Waals surface area contributed by atoms with Crippen molar-refractivity contribution in [3.05, 3.63) is 0 Å². The Labute approximate surface area is 225 Å². The minimum absolute atomic E-state index is 0.557. The van der Waals surface area contributed by atoms with E-state index in [4.69, 9.17) is 0 Å². The Hall–Kier alpha value is 0. The summed E-state index contributed by atoms with van der Waals surface area (Å²) >= 11 is 0. The monoisotopic (exact) mass is 493 g/mol. The van der Waals surface area contributed by atoms with Crippen LogP contribution in [0.5, 0.6) is 0 Å². The van der Waals surface area contributed by atoms with E-state index in [-0.39, 0.29) is 0 Å². The molecule has 0 heterocycles. The molecule has 0 heteroatoms. The van der Waals surface area contributed by atoms with E-state index < -0.39 is 0 Å². The summed E-state index contributed by atoms with van der Waals surface area (Å²) in [5, 5.41) is 0. The first-order valence-electron chi connectivity index (χ1n) is 16.6. The standard InChI is InChI=1S/C29H54.3C2H6/c1-10-22(6)29(23(7)20(3)4)19-15-26-24(11-2)25(14-18-28(26,29)9)27(8)16-12-21(5)13-17-27;3*1-2/h20-26H,10-19H2,1-9H3;3*1-2H3. The van der Waals surface area contributed by atoms with Gasteiger partial charge in [0.1, 0.15) is 0 Å². The largest absolute Gasteiger partial charge is 0.0683 e. The lowest BCUT2D eigenvalue weighted by Crippen LogP contribution is -2.54. The van der Waals surface area contributed by atoms with E-state index >= 15 is 0 Å². The molecule has 0 saturated heterocycles. The zero-order valence-corrected chi connectivity index (χ0v) is 27.6. The summed E-state index contributed by atoms with van der Waals surface area (Å²) < 4.78 is 0. The van der Waals surface area contributed by atoms with Gasteiger partial charge >= 0.3 is 0 Å². The van der Waals surface area contributed by atoms with Crippen LogP contribution in [0.3, 0.4) is 0 Å². The van der Waals surface area contributed by atoms with E-state index in [9.17, 15) is 0 Å². The summed E-state index contributed by atoms with van der Waals surface area (Å²) in [4.78, 5) is 0. The van der Waals surface area contributed by atoms with E-state index in [1.165, 1.54) is 64.2 Å². The molecule has 0 aromatic carbocycles. The van der Waals surface area contributed by atoms with Gasteiger partial charge in [-0.1, -0.05) is 130 Å². The third-order valence-corrected chi connectivity index (χ3v) is 11.8. The summed E-state index contributed by atoms with van der Waals surface area (Å²) in [6, 6.07) is 0. The number of fused-ring (bicyclic) bond motifs is 1. The molecule has 3 aliphatic carbocycles.